The van der Waals surface area contributed by atoms with Crippen LogP contribution in [0.15, 0.2) is 36.2 Å². The van der Waals surface area contributed by atoms with Crippen LogP contribution in [0.4, 0.5) is 0 Å². The van der Waals surface area contributed by atoms with Gasteiger partial charge in [0.1, 0.15) is 0 Å². The van der Waals surface area contributed by atoms with Gasteiger partial charge in [-0.05, 0) is 48.6 Å². The topological polar surface area (TPSA) is 53.1 Å². The van der Waals surface area contributed by atoms with Gasteiger partial charge in [0.15, 0.2) is 0 Å². The zero-order valence-corrected chi connectivity index (χ0v) is 26.0. The molecule has 2 fully saturated rings. The molecule has 2 saturated heterocycles. The zero-order valence-electron chi connectivity index (χ0n) is 23.7. The number of pyridine rings is 1. The maximum Gasteiger partial charge on any atom is 4.00 e. The molecule has 4 nitrogen and oxygen atoms in total. The van der Waals surface area contributed by atoms with Crippen molar-refractivity contribution >= 4 is 0 Å². The van der Waals surface area contributed by atoms with Crippen molar-refractivity contribution < 1.29 is 21.1 Å². The van der Waals surface area contributed by atoms with Crippen molar-refractivity contribution in [3.63, 3.8) is 0 Å². The quantitative estimate of drug-likeness (QED) is 0.199. The van der Waals surface area contributed by atoms with Gasteiger partial charge in [0.25, 0.3) is 0 Å². The summed E-state index contributed by atoms with van der Waals surface area (Å²) in [5.74, 6) is 5.98. The molecule has 0 aromatic carbocycles. The van der Waals surface area contributed by atoms with Gasteiger partial charge in [-0.25, -0.2) is 0 Å². The van der Waals surface area contributed by atoms with Gasteiger partial charge in [-0.3, -0.25) is 10.9 Å². The second-order valence-electron chi connectivity index (χ2n) is 12.2. The number of piperidine rings is 2. The Kier molecular flexibility index (Phi) is 15.0. The van der Waals surface area contributed by atoms with Gasteiger partial charge in [-0.2, -0.15) is 0 Å². The van der Waals surface area contributed by atoms with Crippen LogP contribution in [-0.2, 0) is 21.1 Å². The first-order valence-electron chi connectivity index (χ1n) is 13.5. The monoisotopic (exact) mass is 681 g/mol. The van der Waals surface area contributed by atoms with Gasteiger partial charge in [0.05, 0.1) is 0 Å². The predicted octanol–water partition coefficient (Wildman–Crippen LogP) is 6.90. The van der Waals surface area contributed by atoms with E-state index in [0.29, 0.717) is 23.4 Å². The minimum atomic E-state index is 0. The molecule has 3 aliphatic rings. The normalized spacial score (nSPS) is 24.3. The fourth-order valence-corrected chi connectivity index (χ4v) is 4.85. The molecule has 204 valence electrons. The summed E-state index contributed by atoms with van der Waals surface area (Å²) in [6.45, 7) is 18.2. The molecular formula is C32H46N4Pt. The summed E-state index contributed by atoms with van der Waals surface area (Å²) in [4.78, 5) is 3.77. The third-order valence-corrected chi connectivity index (χ3v) is 7.41. The Balaban J connectivity index is 0.000000331. The molecule has 0 radical (unpaired) electrons. The fourth-order valence-electron chi connectivity index (χ4n) is 4.85. The number of hydrogen-bond acceptors (Lipinski definition) is 2. The molecule has 0 saturated carbocycles. The predicted molar refractivity (Wildman–Crippen MR) is 152 cm³/mol. The van der Waals surface area contributed by atoms with Crippen LogP contribution in [0.2, 0.25) is 0 Å². The van der Waals surface area contributed by atoms with Crippen molar-refractivity contribution in [2.24, 2.45) is 22.7 Å². The molecular weight excluding hydrogens is 635 g/mol. The van der Waals surface area contributed by atoms with Crippen molar-refractivity contribution in [1.29, 1.82) is 0 Å². The largest absolute Gasteiger partial charge is 4.00 e. The molecule has 37 heavy (non-hydrogen) atoms. The molecule has 4 heterocycles. The van der Waals surface area contributed by atoms with E-state index in [2.05, 4.69) is 69.8 Å². The summed E-state index contributed by atoms with van der Waals surface area (Å²) in [5.41, 5.74) is 3.02. The molecule has 1 aromatic rings. The maximum atomic E-state index is 6.82. The summed E-state index contributed by atoms with van der Waals surface area (Å²) in [5, 5.41) is 13.0. The van der Waals surface area contributed by atoms with Crippen molar-refractivity contribution in [2.75, 3.05) is 26.2 Å². The molecule has 3 unspecified atom stereocenters. The summed E-state index contributed by atoms with van der Waals surface area (Å²) in [7, 11) is 0. The third-order valence-electron chi connectivity index (χ3n) is 7.41. The van der Waals surface area contributed by atoms with Crippen molar-refractivity contribution in [3.05, 3.63) is 65.2 Å². The number of hydrogen-bond donors (Lipinski definition) is 1. The van der Waals surface area contributed by atoms with Crippen LogP contribution in [0.5, 0.6) is 0 Å². The number of nitrogens with zero attached hydrogens (tertiary/aromatic N) is 3. The zero-order chi connectivity index (χ0) is 26.6. The Morgan fingerprint density at radius 3 is 2.08 bits per heavy atom. The van der Waals surface area contributed by atoms with Crippen molar-refractivity contribution in [2.45, 2.75) is 85.7 Å². The molecule has 3 atom stereocenters. The first-order chi connectivity index (χ1) is 17.0. The third kappa shape index (κ3) is 12.3. The van der Waals surface area contributed by atoms with E-state index in [9.17, 15) is 0 Å². The van der Waals surface area contributed by atoms with Crippen LogP contribution in [0.3, 0.4) is 0 Å². The molecule has 0 aliphatic carbocycles. The first kappa shape index (κ1) is 33.6. The van der Waals surface area contributed by atoms with E-state index < -0.39 is 0 Å². The van der Waals surface area contributed by atoms with E-state index in [-0.39, 0.29) is 26.5 Å². The average molecular weight is 682 g/mol. The molecule has 1 N–H and O–H groups in total. The van der Waals surface area contributed by atoms with E-state index in [0.717, 1.165) is 56.9 Å². The van der Waals surface area contributed by atoms with E-state index in [1.54, 1.807) is 30.1 Å². The Labute approximate surface area is 242 Å². The summed E-state index contributed by atoms with van der Waals surface area (Å²) in [6, 6.07) is 4.22. The molecule has 0 amide bonds. The Bertz CT molecular complexity index is 877. The Morgan fingerprint density at radius 1 is 0.946 bits per heavy atom. The van der Waals surface area contributed by atoms with Gasteiger partial charge in [0.2, 0.25) is 0 Å². The minimum Gasteiger partial charge on any atom is -0.693 e. The summed E-state index contributed by atoms with van der Waals surface area (Å²) < 4.78 is 0. The molecule has 0 bridgehead atoms. The minimum absolute atomic E-state index is 0. The van der Waals surface area contributed by atoms with Gasteiger partial charge in [0, 0.05) is 12.4 Å². The smallest absolute Gasteiger partial charge is 0.693 e. The number of rotatable bonds is 1. The second kappa shape index (κ2) is 16.5. The van der Waals surface area contributed by atoms with Crippen LogP contribution in [0.1, 0.15) is 79.2 Å². The van der Waals surface area contributed by atoms with E-state index in [1.165, 1.54) is 12.8 Å². The SMILES string of the molecule is CC(C)(C)C1=CC(C2CC(C(C)(C)C)CC[N-]2)[N-]CC1.[C-]#CC1CCNCC1.[C-]#Cc1ccncc1.[Pt+4]. The Morgan fingerprint density at radius 2 is 1.59 bits per heavy atom. The second-order valence-corrected chi connectivity index (χ2v) is 12.2. The molecule has 1 aromatic heterocycles. The molecule has 5 heteroatoms. The molecule has 4 rings (SSSR count). The van der Waals surface area contributed by atoms with Crippen molar-refractivity contribution in [3.8, 4) is 11.8 Å². The van der Waals surface area contributed by atoms with Gasteiger partial charge >= 0.3 is 21.1 Å². The first-order valence-corrected chi connectivity index (χ1v) is 13.5. The van der Waals surface area contributed by atoms with Gasteiger partial charge < -0.3 is 34.7 Å². The van der Waals surface area contributed by atoms with Crippen LogP contribution in [0.25, 0.3) is 10.6 Å². The fraction of sp³-hybridized carbons (Fsp3) is 0.656. The van der Waals surface area contributed by atoms with Crippen LogP contribution < -0.4 is 5.32 Å². The molecule has 3 aliphatic heterocycles. The summed E-state index contributed by atoms with van der Waals surface area (Å²) >= 11 is 0. The average Bonchev–Trinajstić information content (AvgIpc) is 2.89. The van der Waals surface area contributed by atoms with E-state index in [4.69, 9.17) is 23.5 Å². The van der Waals surface area contributed by atoms with Crippen molar-refractivity contribution in [1.82, 2.24) is 10.3 Å². The maximum absolute atomic E-state index is 6.82. The number of nitrogens with one attached hydrogen (secondary N) is 1. The summed E-state index contributed by atoms with van der Waals surface area (Å²) in [6.07, 6.45) is 25.0. The standard InChI is InChI=1S/C18H32N2.C7H10N.C7H4N.Pt/c1-17(2,3)13-7-9-19-15(11-13)16-12-14(8-10-20-16)18(4,5)6;2*1-2-7-3-5-8-6-4-7;/h11,14-16H,7-10,12H2,1-6H3;7-8H,3-6H2;3-6H;/q-2;2*-1;+4. The van der Waals surface area contributed by atoms with Crippen LogP contribution >= 0.6 is 0 Å². The van der Waals surface area contributed by atoms with E-state index in [1.807, 2.05) is 0 Å². The Hall–Kier alpha value is -1.42. The van der Waals surface area contributed by atoms with E-state index >= 15 is 0 Å². The number of aromatic nitrogens is 1. The van der Waals surface area contributed by atoms with Gasteiger partial charge in [-0.1, -0.05) is 66.4 Å². The van der Waals surface area contributed by atoms with Crippen LogP contribution in [-0.4, -0.2) is 43.2 Å². The van der Waals surface area contributed by atoms with Gasteiger partial charge in [-0.15, -0.1) is 48.9 Å². The van der Waals surface area contributed by atoms with Crippen LogP contribution in [0, 0.1) is 47.4 Å². The molecule has 0 spiro atoms.